The first kappa shape index (κ1) is 28.0. The van der Waals surface area contributed by atoms with Gasteiger partial charge in [0.1, 0.15) is 0 Å². The highest BCUT2D eigenvalue weighted by molar-refractivity contribution is 5.94. The van der Waals surface area contributed by atoms with E-state index in [2.05, 4.69) is 0 Å². The maximum absolute atomic E-state index is 12.6. The van der Waals surface area contributed by atoms with Crippen LogP contribution in [0.4, 0.5) is 0 Å². The molecule has 0 aromatic carbocycles. The van der Waals surface area contributed by atoms with Gasteiger partial charge in [-0.25, -0.2) is 9.59 Å². The van der Waals surface area contributed by atoms with E-state index in [-0.39, 0.29) is 25.7 Å². The fraction of sp³-hybridized carbons (Fsp3) is 0.909. The van der Waals surface area contributed by atoms with Crippen molar-refractivity contribution in [3.8, 4) is 0 Å². The molecule has 4 unspecified atom stereocenters. The van der Waals surface area contributed by atoms with Crippen molar-refractivity contribution in [3.63, 3.8) is 0 Å². The molecule has 0 saturated carbocycles. The van der Waals surface area contributed by atoms with Crippen LogP contribution in [0, 0.1) is 0 Å². The van der Waals surface area contributed by atoms with E-state index in [0.717, 1.165) is 38.5 Å². The predicted molar refractivity (Wildman–Crippen MR) is 111 cm³/mol. The van der Waals surface area contributed by atoms with Crippen molar-refractivity contribution in [3.05, 3.63) is 0 Å². The maximum atomic E-state index is 12.6. The minimum atomic E-state index is -2.22. The number of ether oxygens (including phenoxy) is 1. The summed E-state index contributed by atoms with van der Waals surface area (Å²) in [6, 6.07) is 0. The lowest BCUT2D eigenvalue weighted by atomic mass is 9.87. The Morgan fingerprint density at radius 2 is 1.03 bits per heavy atom. The van der Waals surface area contributed by atoms with E-state index in [1.54, 1.807) is 13.8 Å². The monoisotopic (exact) mass is 418 g/mol. The van der Waals surface area contributed by atoms with Crippen LogP contribution in [0.25, 0.3) is 0 Å². The summed E-state index contributed by atoms with van der Waals surface area (Å²) in [4.78, 5) is 25.3. The number of aliphatic hydroxyl groups is 4. The topological polar surface area (TPSA) is 124 Å². The molecule has 0 amide bonds. The van der Waals surface area contributed by atoms with Crippen molar-refractivity contribution < 1.29 is 34.8 Å². The van der Waals surface area contributed by atoms with Crippen molar-refractivity contribution >= 4 is 11.9 Å². The molecule has 7 nitrogen and oxygen atoms in total. The molecule has 0 aliphatic carbocycles. The molecule has 0 saturated heterocycles. The second-order valence-electron chi connectivity index (χ2n) is 7.99. The van der Waals surface area contributed by atoms with Gasteiger partial charge in [-0.1, -0.05) is 66.2 Å². The summed E-state index contributed by atoms with van der Waals surface area (Å²) in [6.07, 6.45) is 3.65. The van der Waals surface area contributed by atoms with E-state index >= 15 is 0 Å². The van der Waals surface area contributed by atoms with Crippen LogP contribution in [-0.2, 0) is 14.3 Å². The summed E-state index contributed by atoms with van der Waals surface area (Å²) >= 11 is 0. The molecule has 0 rings (SSSR count). The highest BCUT2D eigenvalue weighted by Gasteiger charge is 2.49. The Kier molecular flexibility index (Phi) is 13.6. The molecule has 0 aliphatic heterocycles. The summed E-state index contributed by atoms with van der Waals surface area (Å²) in [7, 11) is 0. The molecule has 0 aromatic heterocycles. The van der Waals surface area contributed by atoms with E-state index < -0.39 is 35.3 Å². The van der Waals surface area contributed by atoms with Gasteiger partial charge in [0.2, 0.25) is 0 Å². The molecule has 4 N–H and O–H groups in total. The van der Waals surface area contributed by atoms with E-state index in [4.69, 9.17) is 4.74 Å². The standard InChI is InChI=1S/C22H42O7/c1-5-9-11-13-15-21(27,17(23)7-3)19(25)29-20(26)22(28,18(24)8-4)16-14-12-10-6-2/h17-18,23-24,27-28H,5-16H2,1-4H3. The number of carbonyl (C=O) groups is 2. The van der Waals surface area contributed by atoms with Gasteiger partial charge >= 0.3 is 11.9 Å². The molecule has 0 fully saturated rings. The first-order valence-corrected chi connectivity index (χ1v) is 11.2. The van der Waals surface area contributed by atoms with Gasteiger partial charge < -0.3 is 25.2 Å². The summed E-state index contributed by atoms with van der Waals surface area (Å²) in [6.45, 7) is 7.28. The van der Waals surface area contributed by atoms with E-state index in [9.17, 15) is 30.0 Å². The van der Waals surface area contributed by atoms with Crippen LogP contribution in [0.3, 0.4) is 0 Å². The van der Waals surface area contributed by atoms with Gasteiger partial charge in [-0.05, 0) is 38.5 Å². The van der Waals surface area contributed by atoms with Crippen molar-refractivity contribution in [2.24, 2.45) is 0 Å². The SMILES string of the molecule is CCCCCCC(O)(C(=O)OC(=O)C(O)(CCCCCC)C(O)CC)C(O)CC. The van der Waals surface area contributed by atoms with Gasteiger partial charge in [-0.15, -0.1) is 0 Å². The van der Waals surface area contributed by atoms with Crippen LogP contribution in [-0.4, -0.2) is 55.8 Å². The van der Waals surface area contributed by atoms with Crippen LogP contribution in [0.1, 0.15) is 105 Å². The van der Waals surface area contributed by atoms with Crippen molar-refractivity contribution in [1.82, 2.24) is 0 Å². The molecule has 172 valence electrons. The smallest absolute Gasteiger partial charge is 0.348 e. The van der Waals surface area contributed by atoms with Gasteiger partial charge in [0.05, 0.1) is 12.2 Å². The molecule has 0 spiro atoms. The van der Waals surface area contributed by atoms with E-state index in [0.29, 0.717) is 12.8 Å². The Labute approximate surface area is 175 Å². The first-order valence-electron chi connectivity index (χ1n) is 11.2. The van der Waals surface area contributed by atoms with Crippen LogP contribution in [0.2, 0.25) is 0 Å². The van der Waals surface area contributed by atoms with E-state index in [1.807, 2.05) is 13.8 Å². The molecular weight excluding hydrogens is 376 g/mol. The molecule has 0 aliphatic rings. The molecule has 0 bridgehead atoms. The number of rotatable bonds is 16. The van der Waals surface area contributed by atoms with Crippen molar-refractivity contribution in [2.75, 3.05) is 0 Å². The predicted octanol–water partition coefficient (Wildman–Crippen LogP) is 3.00. The molecule has 7 heteroatoms. The fourth-order valence-corrected chi connectivity index (χ4v) is 3.39. The minimum absolute atomic E-state index is 0.0423. The molecule has 4 atom stereocenters. The third-order valence-electron chi connectivity index (χ3n) is 5.59. The molecule has 29 heavy (non-hydrogen) atoms. The Balaban J connectivity index is 5.31. The zero-order chi connectivity index (χ0) is 22.5. The number of carbonyl (C=O) groups excluding carboxylic acids is 2. The normalized spacial score (nSPS) is 17.8. The van der Waals surface area contributed by atoms with Crippen LogP contribution in [0.15, 0.2) is 0 Å². The van der Waals surface area contributed by atoms with Crippen LogP contribution < -0.4 is 0 Å². The lowest BCUT2D eigenvalue weighted by Gasteiger charge is -2.33. The Morgan fingerprint density at radius 3 is 1.31 bits per heavy atom. The summed E-state index contributed by atoms with van der Waals surface area (Å²) in [5.74, 6) is -2.55. The third-order valence-corrected chi connectivity index (χ3v) is 5.59. The number of unbranched alkanes of at least 4 members (excludes halogenated alkanes) is 6. The maximum Gasteiger partial charge on any atom is 0.348 e. The summed E-state index contributed by atoms with van der Waals surface area (Å²) in [5, 5.41) is 42.0. The van der Waals surface area contributed by atoms with Gasteiger partial charge in [-0.3, -0.25) is 0 Å². The van der Waals surface area contributed by atoms with E-state index in [1.165, 1.54) is 0 Å². The Morgan fingerprint density at radius 1 is 0.690 bits per heavy atom. The lowest BCUT2D eigenvalue weighted by Crippen LogP contribution is -2.55. The number of hydrogen-bond acceptors (Lipinski definition) is 7. The largest absolute Gasteiger partial charge is 0.389 e. The Hall–Kier alpha value is -1.02. The van der Waals surface area contributed by atoms with Crippen LogP contribution >= 0.6 is 0 Å². The number of aliphatic hydroxyl groups excluding tert-OH is 2. The zero-order valence-electron chi connectivity index (χ0n) is 18.7. The Bertz CT molecular complexity index is 440. The fourth-order valence-electron chi connectivity index (χ4n) is 3.39. The average Bonchev–Trinajstić information content (AvgIpc) is 2.72. The molecule has 0 radical (unpaired) electrons. The summed E-state index contributed by atoms with van der Waals surface area (Å²) < 4.78 is 4.84. The highest BCUT2D eigenvalue weighted by Crippen LogP contribution is 2.28. The van der Waals surface area contributed by atoms with Crippen LogP contribution in [0.5, 0.6) is 0 Å². The molecular formula is C22H42O7. The zero-order valence-corrected chi connectivity index (χ0v) is 18.7. The minimum Gasteiger partial charge on any atom is -0.389 e. The highest BCUT2D eigenvalue weighted by atomic mass is 16.6. The van der Waals surface area contributed by atoms with Gasteiger partial charge in [-0.2, -0.15) is 0 Å². The quantitative estimate of drug-likeness (QED) is 0.172. The second kappa shape index (κ2) is 14.1. The summed E-state index contributed by atoms with van der Waals surface area (Å²) in [5.41, 5.74) is -4.45. The van der Waals surface area contributed by atoms with Crippen molar-refractivity contribution in [1.29, 1.82) is 0 Å². The number of hydrogen-bond donors (Lipinski definition) is 4. The van der Waals surface area contributed by atoms with Gasteiger partial charge in [0, 0.05) is 0 Å². The third kappa shape index (κ3) is 8.32. The van der Waals surface area contributed by atoms with Crippen molar-refractivity contribution in [2.45, 2.75) is 128 Å². The molecule has 0 aromatic rings. The molecule has 0 heterocycles. The second-order valence-corrected chi connectivity index (χ2v) is 7.99. The first-order chi connectivity index (χ1) is 13.6. The number of esters is 2. The average molecular weight is 419 g/mol. The lowest BCUT2D eigenvalue weighted by molar-refractivity contribution is -0.200. The van der Waals surface area contributed by atoms with Gasteiger partial charge in [0.15, 0.2) is 11.2 Å². The van der Waals surface area contributed by atoms with Gasteiger partial charge in [0.25, 0.3) is 0 Å².